The van der Waals surface area contributed by atoms with E-state index in [1.54, 1.807) is 29.2 Å². The van der Waals surface area contributed by atoms with Gasteiger partial charge in [0.1, 0.15) is 0 Å². The number of nitrogens with one attached hydrogen (secondary N) is 1. The van der Waals surface area contributed by atoms with E-state index in [-0.39, 0.29) is 5.91 Å². The van der Waals surface area contributed by atoms with Gasteiger partial charge in [0.2, 0.25) is 0 Å². The fraction of sp³-hybridized carbons (Fsp3) is 0.333. The summed E-state index contributed by atoms with van der Waals surface area (Å²) in [6.07, 6.45) is 6.57. The number of hydrogen-bond acceptors (Lipinski definition) is 2. The molecule has 1 aromatic carbocycles. The highest BCUT2D eigenvalue weighted by molar-refractivity contribution is 6.30. The van der Waals surface area contributed by atoms with Crippen LogP contribution in [0.2, 0.25) is 5.02 Å². The van der Waals surface area contributed by atoms with E-state index in [0.29, 0.717) is 17.1 Å². The van der Waals surface area contributed by atoms with Gasteiger partial charge >= 0.3 is 0 Å². The predicted octanol–water partition coefficient (Wildman–Crippen LogP) is 3.45. The first-order valence-electron chi connectivity index (χ1n) is 6.79. The molecule has 20 heavy (non-hydrogen) atoms. The van der Waals surface area contributed by atoms with Crippen molar-refractivity contribution in [2.24, 2.45) is 0 Å². The van der Waals surface area contributed by atoms with Crippen LogP contribution in [0.3, 0.4) is 0 Å². The second kappa shape index (κ2) is 7.10. The van der Waals surface area contributed by atoms with Crippen LogP contribution in [0.1, 0.15) is 36.5 Å². The van der Waals surface area contributed by atoms with Crippen molar-refractivity contribution >= 4 is 17.5 Å². The Morgan fingerprint density at radius 3 is 2.75 bits per heavy atom. The van der Waals surface area contributed by atoms with Crippen molar-refractivity contribution in [1.29, 1.82) is 0 Å². The van der Waals surface area contributed by atoms with E-state index >= 15 is 0 Å². The Hall–Kier alpha value is -1.81. The summed E-state index contributed by atoms with van der Waals surface area (Å²) in [5.41, 5.74) is 1.44. The third kappa shape index (κ3) is 3.84. The van der Waals surface area contributed by atoms with Crippen molar-refractivity contribution in [3.8, 4) is 5.69 Å². The predicted molar refractivity (Wildman–Crippen MR) is 80.4 cm³/mol. The molecule has 0 fully saturated rings. The number of amides is 1. The molecule has 5 heteroatoms. The Balaban J connectivity index is 1.98. The molecule has 0 aliphatic heterocycles. The van der Waals surface area contributed by atoms with Gasteiger partial charge in [-0.25, -0.2) is 4.68 Å². The molecule has 4 nitrogen and oxygen atoms in total. The SMILES string of the molecule is CCCCCNC(=O)c1cnn(-c2ccc(Cl)cc2)c1. The van der Waals surface area contributed by atoms with Crippen LogP contribution in [0, 0.1) is 0 Å². The molecule has 0 unspecified atom stereocenters. The molecule has 2 rings (SSSR count). The molecule has 0 radical (unpaired) electrons. The first-order valence-corrected chi connectivity index (χ1v) is 7.17. The summed E-state index contributed by atoms with van der Waals surface area (Å²) in [5, 5.41) is 7.76. The molecule has 0 aliphatic rings. The second-order valence-corrected chi connectivity index (χ2v) is 5.05. The van der Waals surface area contributed by atoms with E-state index in [2.05, 4.69) is 17.3 Å². The smallest absolute Gasteiger partial charge is 0.254 e. The van der Waals surface area contributed by atoms with E-state index in [1.807, 2.05) is 12.1 Å². The van der Waals surface area contributed by atoms with Gasteiger partial charge in [0.05, 0.1) is 17.4 Å². The highest BCUT2D eigenvalue weighted by Crippen LogP contribution is 2.13. The van der Waals surface area contributed by atoms with Gasteiger partial charge < -0.3 is 5.32 Å². The Bertz CT molecular complexity index is 563. The number of hydrogen-bond donors (Lipinski definition) is 1. The first-order chi connectivity index (χ1) is 9.70. The lowest BCUT2D eigenvalue weighted by atomic mass is 10.2. The Morgan fingerprint density at radius 1 is 1.30 bits per heavy atom. The summed E-state index contributed by atoms with van der Waals surface area (Å²) in [7, 11) is 0. The minimum Gasteiger partial charge on any atom is -0.352 e. The zero-order valence-corrected chi connectivity index (χ0v) is 12.2. The molecule has 0 spiro atoms. The second-order valence-electron chi connectivity index (χ2n) is 4.61. The summed E-state index contributed by atoms with van der Waals surface area (Å²) in [5.74, 6) is -0.0821. The van der Waals surface area contributed by atoms with Crippen LogP contribution in [0.5, 0.6) is 0 Å². The van der Waals surface area contributed by atoms with Gasteiger partial charge in [0.15, 0.2) is 0 Å². The molecule has 106 valence electrons. The van der Waals surface area contributed by atoms with Crippen molar-refractivity contribution in [2.75, 3.05) is 6.54 Å². The third-order valence-corrected chi connectivity index (χ3v) is 3.25. The van der Waals surface area contributed by atoms with E-state index in [4.69, 9.17) is 11.6 Å². The molecule has 0 aliphatic carbocycles. The lowest BCUT2D eigenvalue weighted by Crippen LogP contribution is -2.23. The van der Waals surface area contributed by atoms with Gasteiger partial charge in [-0.1, -0.05) is 31.4 Å². The topological polar surface area (TPSA) is 46.9 Å². The Morgan fingerprint density at radius 2 is 2.05 bits per heavy atom. The average Bonchev–Trinajstić information content (AvgIpc) is 2.94. The number of nitrogens with zero attached hydrogens (tertiary/aromatic N) is 2. The molecule has 2 aromatic rings. The molecule has 1 aromatic heterocycles. The zero-order valence-electron chi connectivity index (χ0n) is 11.5. The van der Waals surface area contributed by atoms with Crippen molar-refractivity contribution in [1.82, 2.24) is 15.1 Å². The van der Waals surface area contributed by atoms with Crippen LogP contribution in [0.15, 0.2) is 36.7 Å². The minimum atomic E-state index is -0.0821. The monoisotopic (exact) mass is 291 g/mol. The van der Waals surface area contributed by atoms with Gasteiger partial charge in [0, 0.05) is 17.8 Å². The third-order valence-electron chi connectivity index (χ3n) is 3.00. The van der Waals surface area contributed by atoms with Crippen LogP contribution in [-0.2, 0) is 0 Å². The maximum absolute atomic E-state index is 11.9. The normalized spacial score (nSPS) is 10.5. The van der Waals surface area contributed by atoms with Crippen LogP contribution < -0.4 is 5.32 Å². The maximum atomic E-state index is 11.9. The molecule has 1 heterocycles. The lowest BCUT2D eigenvalue weighted by molar-refractivity contribution is 0.0953. The molecule has 0 saturated carbocycles. The molecule has 1 N–H and O–H groups in total. The highest BCUT2D eigenvalue weighted by atomic mass is 35.5. The number of halogens is 1. The number of benzene rings is 1. The van der Waals surface area contributed by atoms with Crippen LogP contribution >= 0.6 is 11.6 Å². The fourth-order valence-corrected chi connectivity index (χ4v) is 1.98. The van der Waals surface area contributed by atoms with Gasteiger partial charge in [0.25, 0.3) is 5.91 Å². The van der Waals surface area contributed by atoms with E-state index in [0.717, 1.165) is 24.9 Å². The number of aromatic nitrogens is 2. The summed E-state index contributed by atoms with van der Waals surface area (Å²) >= 11 is 5.84. The maximum Gasteiger partial charge on any atom is 0.254 e. The van der Waals surface area contributed by atoms with Crippen molar-refractivity contribution in [3.05, 3.63) is 47.2 Å². The van der Waals surface area contributed by atoms with Crippen LogP contribution in [0.4, 0.5) is 0 Å². The average molecular weight is 292 g/mol. The first kappa shape index (κ1) is 14.6. The number of unbranched alkanes of at least 4 members (excludes halogenated alkanes) is 2. The van der Waals surface area contributed by atoms with Crippen LogP contribution in [0.25, 0.3) is 5.69 Å². The largest absolute Gasteiger partial charge is 0.352 e. The molecular formula is C15H18ClN3O. The van der Waals surface area contributed by atoms with E-state index < -0.39 is 0 Å². The van der Waals surface area contributed by atoms with Crippen molar-refractivity contribution in [2.45, 2.75) is 26.2 Å². The van der Waals surface area contributed by atoms with Gasteiger partial charge in [-0.3, -0.25) is 4.79 Å². The van der Waals surface area contributed by atoms with Gasteiger partial charge in [-0.2, -0.15) is 5.10 Å². The molecular weight excluding hydrogens is 274 g/mol. The van der Waals surface area contributed by atoms with E-state index in [1.165, 1.54) is 0 Å². The quantitative estimate of drug-likeness (QED) is 0.829. The number of carbonyl (C=O) groups excluding carboxylic acids is 1. The highest BCUT2D eigenvalue weighted by Gasteiger charge is 2.08. The van der Waals surface area contributed by atoms with Gasteiger partial charge in [-0.15, -0.1) is 0 Å². The lowest BCUT2D eigenvalue weighted by Gasteiger charge is -2.02. The molecule has 1 amide bonds. The minimum absolute atomic E-state index is 0.0821. The molecule has 0 saturated heterocycles. The Labute approximate surface area is 123 Å². The number of rotatable bonds is 6. The summed E-state index contributed by atoms with van der Waals surface area (Å²) in [6, 6.07) is 7.31. The van der Waals surface area contributed by atoms with Crippen molar-refractivity contribution in [3.63, 3.8) is 0 Å². The summed E-state index contributed by atoms with van der Waals surface area (Å²) in [4.78, 5) is 11.9. The standard InChI is InChI=1S/C15H18ClN3O/c1-2-3-4-9-17-15(20)12-10-18-19(11-12)14-7-5-13(16)6-8-14/h5-8,10-11H,2-4,9H2,1H3,(H,17,20). The zero-order chi connectivity index (χ0) is 14.4. The van der Waals surface area contributed by atoms with Crippen molar-refractivity contribution < 1.29 is 4.79 Å². The molecule has 0 bridgehead atoms. The number of carbonyl (C=O) groups is 1. The summed E-state index contributed by atoms with van der Waals surface area (Å²) < 4.78 is 1.66. The van der Waals surface area contributed by atoms with Gasteiger partial charge in [-0.05, 0) is 30.7 Å². The summed E-state index contributed by atoms with van der Waals surface area (Å²) in [6.45, 7) is 2.84. The Kier molecular flexibility index (Phi) is 5.18. The van der Waals surface area contributed by atoms with Crippen LogP contribution in [-0.4, -0.2) is 22.2 Å². The fourth-order valence-electron chi connectivity index (χ4n) is 1.85. The molecule has 0 atom stereocenters. The van der Waals surface area contributed by atoms with E-state index in [9.17, 15) is 4.79 Å².